The van der Waals surface area contributed by atoms with Gasteiger partial charge in [-0.1, -0.05) is 32.4 Å². The fourth-order valence-electron chi connectivity index (χ4n) is 1.05. The number of carbonyl (C=O) groups excluding carboxylic acids is 1. The Morgan fingerprint density at radius 1 is 1.50 bits per heavy atom. The monoisotopic (exact) mass is 241 g/mol. The number of carbonyl (C=O) groups is 1. The van der Waals surface area contributed by atoms with Crippen LogP contribution in [0.1, 0.15) is 20.8 Å². The fourth-order valence-corrected chi connectivity index (χ4v) is 1.16. The Labute approximate surface area is 100 Å². The minimum Gasteiger partial charge on any atom is -0.319 e. The first-order valence-electron chi connectivity index (χ1n) is 4.98. The number of amides is 1. The molecule has 0 aromatic carbocycles. The van der Waals surface area contributed by atoms with Crippen molar-refractivity contribution in [1.29, 1.82) is 0 Å². The van der Waals surface area contributed by atoms with E-state index in [1.165, 1.54) is 6.20 Å². The second-order valence-corrected chi connectivity index (χ2v) is 5.13. The minimum absolute atomic E-state index is 0.248. The van der Waals surface area contributed by atoms with Crippen LogP contribution in [0.4, 0.5) is 5.82 Å². The average Bonchev–Trinajstić information content (AvgIpc) is 2.19. The number of rotatable bonds is 2. The molecule has 3 N–H and O–H groups in total. The molecule has 1 aromatic heterocycles. The van der Waals surface area contributed by atoms with E-state index in [9.17, 15) is 4.79 Å². The molecule has 0 saturated heterocycles. The van der Waals surface area contributed by atoms with E-state index in [1.807, 2.05) is 20.8 Å². The lowest BCUT2D eigenvalue weighted by atomic mass is 9.87. The first-order valence-corrected chi connectivity index (χ1v) is 5.36. The van der Waals surface area contributed by atoms with Crippen molar-refractivity contribution in [3.63, 3.8) is 0 Å². The highest BCUT2D eigenvalue weighted by molar-refractivity contribution is 6.30. The smallest absolute Gasteiger partial charge is 0.242 e. The summed E-state index contributed by atoms with van der Waals surface area (Å²) in [5, 5.41) is 3.17. The van der Waals surface area contributed by atoms with Crippen LogP contribution < -0.4 is 11.1 Å². The summed E-state index contributed by atoms with van der Waals surface area (Å²) in [7, 11) is 0. The summed E-state index contributed by atoms with van der Waals surface area (Å²) >= 11 is 5.68. The van der Waals surface area contributed by atoms with Gasteiger partial charge in [-0.05, 0) is 17.5 Å². The number of halogens is 1. The molecule has 0 spiro atoms. The van der Waals surface area contributed by atoms with E-state index in [4.69, 9.17) is 17.3 Å². The van der Waals surface area contributed by atoms with Gasteiger partial charge in [-0.15, -0.1) is 0 Å². The Bertz CT molecular complexity index is 370. The van der Waals surface area contributed by atoms with Gasteiger partial charge in [-0.2, -0.15) is 0 Å². The van der Waals surface area contributed by atoms with Crippen LogP contribution in [0, 0.1) is 5.41 Å². The van der Waals surface area contributed by atoms with Crippen molar-refractivity contribution in [2.45, 2.75) is 26.8 Å². The quantitative estimate of drug-likeness (QED) is 0.833. The molecule has 0 radical (unpaired) electrons. The Morgan fingerprint density at radius 3 is 2.56 bits per heavy atom. The molecule has 0 unspecified atom stereocenters. The van der Waals surface area contributed by atoms with E-state index in [0.29, 0.717) is 10.8 Å². The summed E-state index contributed by atoms with van der Waals surface area (Å²) < 4.78 is 0. The zero-order chi connectivity index (χ0) is 12.3. The van der Waals surface area contributed by atoms with Gasteiger partial charge in [0.05, 0.1) is 11.1 Å². The van der Waals surface area contributed by atoms with Crippen molar-refractivity contribution in [3.05, 3.63) is 23.4 Å². The Kier molecular flexibility index (Phi) is 3.88. The van der Waals surface area contributed by atoms with Gasteiger partial charge in [-0.3, -0.25) is 4.79 Å². The van der Waals surface area contributed by atoms with Gasteiger partial charge in [0, 0.05) is 6.20 Å². The zero-order valence-electron chi connectivity index (χ0n) is 9.62. The molecule has 1 atom stereocenters. The molecule has 0 saturated carbocycles. The number of nitrogens with two attached hydrogens (primary N) is 1. The predicted molar refractivity (Wildman–Crippen MR) is 65.3 cm³/mol. The van der Waals surface area contributed by atoms with Crippen molar-refractivity contribution in [3.8, 4) is 0 Å². The third-order valence-electron chi connectivity index (χ3n) is 2.19. The molecule has 88 valence electrons. The second-order valence-electron chi connectivity index (χ2n) is 4.69. The first-order chi connectivity index (χ1) is 7.30. The molecule has 0 fully saturated rings. The zero-order valence-corrected chi connectivity index (χ0v) is 10.4. The van der Waals surface area contributed by atoms with E-state index in [2.05, 4.69) is 10.3 Å². The molecule has 1 amide bonds. The van der Waals surface area contributed by atoms with Gasteiger partial charge in [-0.25, -0.2) is 4.98 Å². The summed E-state index contributed by atoms with van der Waals surface area (Å²) in [5.74, 6) is 0.205. The summed E-state index contributed by atoms with van der Waals surface area (Å²) in [4.78, 5) is 15.7. The van der Waals surface area contributed by atoms with Gasteiger partial charge >= 0.3 is 0 Å². The highest BCUT2D eigenvalue weighted by Crippen LogP contribution is 2.18. The van der Waals surface area contributed by atoms with Crippen molar-refractivity contribution < 1.29 is 4.79 Å². The molecule has 5 heteroatoms. The maximum Gasteiger partial charge on any atom is 0.242 e. The SMILES string of the molecule is CC(C)(C)[C@H](N)C(=O)Nc1ccc(Cl)cn1. The van der Waals surface area contributed by atoms with Crippen LogP contribution in [0.25, 0.3) is 0 Å². The molecular weight excluding hydrogens is 226 g/mol. The molecule has 1 aromatic rings. The highest BCUT2D eigenvalue weighted by Gasteiger charge is 2.27. The molecule has 0 aliphatic carbocycles. The van der Waals surface area contributed by atoms with Crippen molar-refractivity contribution >= 4 is 23.3 Å². The van der Waals surface area contributed by atoms with Crippen LogP contribution in [-0.4, -0.2) is 16.9 Å². The van der Waals surface area contributed by atoms with E-state index in [-0.39, 0.29) is 11.3 Å². The van der Waals surface area contributed by atoms with Crippen molar-refractivity contribution in [1.82, 2.24) is 4.98 Å². The van der Waals surface area contributed by atoms with Gasteiger partial charge in [0.1, 0.15) is 5.82 Å². The van der Waals surface area contributed by atoms with Gasteiger partial charge < -0.3 is 11.1 Å². The van der Waals surface area contributed by atoms with E-state index < -0.39 is 6.04 Å². The first kappa shape index (κ1) is 12.9. The molecule has 1 heterocycles. The minimum atomic E-state index is -0.579. The Balaban J connectivity index is 2.68. The number of anilines is 1. The van der Waals surface area contributed by atoms with E-state index in [0.717, 1.165) is 0 Å². The van der Waals surface area contributed by atoms with Crippen LogP contribution in [-0.2, 0) is 4.79 Å². The van der Waals surface area contributed by atoms with Gasteiger partial charge in [0.15, 0.2) is 0 Å². The normalized spacial score (nSPS) is 13.3. The fraction of sp³-hybridized carbons (Fsp3) is 0.455. The highest BCUT2D eigenvalue weighted by atomic mass is 35.5. The van der Waals surface area contributed by atoms with Crippen LogP contribution in [0.2, 0.25) is 5.02 Å². The van der Waals surface area contributed by atoms with Crippen LogP contribution in [0.3, 0.4) is 0 Å². The van der Waals surface area contributed by atoms with Gasteiger partial charge in [0.25, 0.3) is 0 Å². The number of pyridine rings is 1. The average molecular weight is 242 g/mol. The van der Waals surface area contributed by atoms with Crippen LogP contribution in [0.5, 0.6) is 0 Å². The molecule has 0 bridgehead atoms. The summed E-state index contributed by atoms with van der Waals surface area (Å²) in [5.41, 5.74) is 5.52. The van der Waals surface area contributed by atoms with Crippen molar-refractivity contribution in [2.24, 2.45) is 11.1 Å². The third kappa shape index (κ3) is 3.47. The van der Waals surface area contributed by atoms with Crippen molar-refractivity contribution in [2.75, 3.05) is 5.32 Å². The van der Waals surface area contributed by atoms with E-state index >= 15 is 0 Å². The van der Waals surface area contributed by atoms with Crippen LogP contribution >= 0.6 is 11.6 Å². The maximum absolute atomic E-state index is 11.7. The molecule has 16 heavy (non-hydrogen) atoms. The molecule has 1 rings (SSSR count). The number of aromatic nitrogens is 1. The largest absolute Gasteiger partial charge is 0.319 e. The number of hydrogen-bond donors (Lipinski definition) is 2. The predicted octanol–water partition coefficient (Wildman–Crippen LogP) is 2.05. The summed E-state index contributed by atoms with van der Waals surface area (Å²) in [6, 6.07) is 2.72. The number of nitrogens with zero attached hydrogens (tertiary/aromatic N) is 1. The number of hydrogen-bond acceptors (Lipinski definition) is 3. The lowest BCUT2D eigenvalue weighted by Gasteiger charge is -2.25. The molecule has 0 aliphatic rings. The topological polar surface area (TPSA) is 68.0 Å². The molecule has 0 aliphatic heterocycles. The Morgan fingerprint density at radius 2 is 2.12 bits per heavy atom. The van der Waals surface area contributed by atoms with Gasteiger partial charge in [0.2, 0.25) is 5.91 Å². The number of nitrogens with one attached hydrogen (secondary N) is 1. The standard InChI is InChI=1S/C11H16ClN3O/c1-11(2,3)9(13)10(16)15-8-5-4-7(12)6-14-8/h4-6,9H,13H2,1-3H3,(H,14,15,16)/t9-/m1/s1. The lowest BCUT2D eigenvalue weighted by molar-refractivity contribution is -0.119. The summed E-state index contributed by atoms with van der Waals surface area (Å²) in [6.07, 6.45) is 1.47. The Hall–Kier alpha value is -1.13. The maximum atomic E-state index is 11.7. The molecule has 4 nitrogen and oxygen atoms in total. The van der Waals surface area contributed by atoms with Crippen LogP contribution in [0.15, 0.2) is 18.3 Å². The third-order valence-corrected chi connectivity index (χ3v) is 2.42. The van der Waals surface area contributed by atoms with E-state index in [1.54, 1.807) is 12.1 Å². The summed E-state index contributed by atoms with van der Waals surface area (Å²) in [6.45, 7) is 5.73. The lowest BCUT2D eigenvalue weighted by Crippen LogP contribution is -2.45. The molecular formula is C11H16ClN3O. The second kappa shape index (κ2) is 4.80.